The molecule has 1 aromatic rings. The molecule has 0 radical (unpaired) electrons. The highest BCUT2D eigenvalue weighted by Gasteiger charge is 2.26. The van der Waals surface area contributed by atoms with Gasteiger partial charge in [-0.2, -0.15) is 4.31 Å². The summed E-state index contributed by atoms with van der Waals surface area (Å²) in [5.74, 6) is -0.783. The van der Waals surface area contributed by atoms with Crippen LogP contribution in [-0.2, 0) is 10.0 Å². The molecule has 0 spiro atoms. The summed E-state index contributed by atoms with van der Waals surface area (Å²) in [5.41, 5.74) is 5.31. The molecule has 0 saturated heterocycles. The van der Waals surface area contributed by atoms with E-state index in [0.29, 0.717) is 0 Å². The van der Waals surface area contributed by atoms with E-state index in [-0.39, 0.29) is 23.0 Å². The average Bonchev–Trinajstić information content (AvgIpc) is 2.25. The standard InChI is InChI=1S/C10H13FN2O2S2/c1-2-13(7-10(12)16)17(14,15)9-6-4-3-5-8(9)11/h3-6H,2,7H2,1H3,(H2,12,16). The third-order valence-electron chi connectivity index (χ3n) is 2.14. The van der Waals surface area contributed by atoms with Crippen molar-refractivity contribution in [2.45, 2.75) is 11.8 Å². The van der Waals surface area contributed by atoms with Crippen molar-refractivity contribution in [1.82, 2.24) is 4.31 Å². The number of hydrogen-bond donors (Lipinski definition) is 1. The number of halogens is 1. The lowest BCUT2D eigenvalue weighted by atomic mass is 10.4. The molecule has 0 aliphatic rings. The lowest BCUT2D eigenvalue weighted by Crippen LogP contribution is -2.37. The molecule has 2 N–H and O–H groups in total. The monoisotopic (exact) mass is 276 g/mol. The number of rotatable bonds is 5. The van der Waals surface area contributed by atoms with E-state index in [1.54, 1.807) is 6.92 Å². The summed E-state index contributed by atoms with van der Waals surface area (Å²) < 4.78 is 38.7. The molecule has 0 unspecified atom stereocenters. The van der Waals surface area contributed by atoms with E-state index in [0.717, 1.165) is 10.4 Å². The number of nitrogens with two attached hydrogens (primary N) is 1. The molecule has 0 aliphatic carbocycles. The first-order valence-corrected chi connectivity index (χ1v) is 6.77. The van der Waals surface area contributed by atoms with Crippen molar-refractivity contribution in [3.63, 3.8) is 0 Å². The fourth-order valence-electron chi connectivity index (χ4n) is 1.33. The highest BCUT2D eigenvalue weighted by Crippen LogP contribution is 2.18. The first kappa shape index (κ1) is 14.0. The fourth-order valence-corrected chi connectivity index (χ4v) is 3.06. The Morgan fingerprint density at radius 1 is 1.47 bits per heavy atom. The van der Waals surface area contributed by atoms with Crippen LogP contribution in [0.25, 0.3) is 0 Å². The van der Waals surface area contributed by atoms with Gasteiger partial charge >= 0.3 is 0 Å². The topological polar surface area (TPSA) is 63.4 Å². The van der Waals surface area contributed by atoms with Gasteiger partial charge in [0.15, 0.2) is 0 Å². The van der Waals surface area contributed by atoms with Crippen molar-refractivity contribution in [2.24, 2.45) is 5.73 Å². The predicted octanol–water partition coefficient (Wildman–Crippen LogP) is 1.12. The second-order valence-electron chi connectivity index (χ2n) is 3.33. The minimum Gasteiger partial charge on any atom is -0.392 e. The molecular formula is C10H13FN2O2S2. The largest absolute Gasteiger partial charge is 0.392 e. The van der Waals surface area contributed by atoms with Crippen LogP contribution in [0.15, 0.2) is 29.2 Å². The summed E-state index contributed by atoms with van der Waals surface area (Å²) in [4.78, 5) is -0.315. The van der Waals surface area contributed by atoms with Gasteiger partial charge in [0.2, 0.25) is 10.0 Å². The highest BCUT2D eigenvalue weighted by atomic mass is 32.2. The first-order valence-electron chi connectivity index (χ1n) is 4.92. The van der Waals surface area contributed by atoms with Crippen molar-refractivity contribution in [1.29, 1.82) is 0 Å². The number of sulfonamides is 1. The van der Waals surface area contributed by atoms with E-state index < -0.39 is 15.8 Å². The Kier molecular flexibility index (Phi) is 4.55. The molecule has 1 rings (SSSR count). The van der Waals surface area contributed by atoms with Crippen LogP contribution in [0.5, 0.6) is 0 Å². The maximum absolute atomic E-state index is 13.4. The van der Waals surface area contributed by atoms with Crippen LogP contribution in [0.1, 0.15) is 6.92 Å². The van der Waals surface area contributed by atoms with Gasteiger partial charge in [-0.1, -0.05) is 31.3 Å². The lowest BCUT2D eigenvalue weighted by Gasteiger charge is -2.19. The summed E-state index contributed by atoms with van der Waals surface area (Å²) in [6.07, 6.45) is 0. The van der Waals surface area contributed by atoms with E-state index in [1.165, 1.54) is 18.2 Å². The van der Waals surface area contributed by atoms with Gasteiger partial charge in [0, 0.05) is 6.54 Å². The molecule has 1 aromatic carbocycles. The van der Waals surface area contributed by atoms with Crippen LogP contribution >= 0.6 is 12.2 Å². The number of thiocarbonyl (C=S) groups is 1. The Morgan fingerprint density at radius 2 is 2.06 bits per heavy atom. The number of nitrogens with zero attached hydrogens (tertiary/aromatic N) is 1. The highest BCUT2D eigenvalue weighted by molar-refractivity contribution is 7.89. The molecule has 0 amide bonds. The number of likely N-dealkylation sites (N-methyl/N-ethyl adjacent to an activating group) is 1. The molecule has 0 heterocycles. The molecule has 0 atom stereocenters. The Balaban J connectivity index is 3.18. The minimum atomic E-state index is -3.89. The van der Waals surface area contributed by atoms with Crippen LogP contribution in [0.2, 0.25) is 0 Å². The summed E-state index contributed by atoms with van der Waals surface area (Å²) in [6.45, 7) is 1.72. The third-order valence-corrected chi connectivity index (χ3v) is 4.22. The molecule has 17 heavy (non-hydrogen) atoms. The summed E-state index contributed by atoms with van der Waals surface area (Å²) >= 11 is 4.67. The minimum absolute atomic E-state index is 0.0479. The molecule has 0 saturated carbocycles. The van der Waals surface area contributed by atoms with Gasteiger partial charge < -0.3 is 5.73 Å². The Morgan fingerprint density at radius 3 is 2.53 bits per heavy atom. The van der Waals surface area contributed by atoms with Crippen LogP contribution in [0.3, 0.4) is 0 Å². The van der Waals surface area contributed by atoms with Crippen molar-refractivity contribution in [3.8, 4) is 0 Å². The van der Waals surface area contributed by atoms with Crippen LogP contribution in [-0.4, -0.2) is 30.8 Å². The molecule has 94 valence electrons. The van der Waals surface area contributed by atoms with Crippen molar-refractivity contribution >= 4 is 27.2 Å². The molecule has 0 aliphatic heterocycles. The van der Waals surface area contributed by atoms with Gasteiger partial charge in [-0.25, -0.2) is 12.8 Å². The first-order chi connectivity index (χ1) is 7.89. The Bertz CT molecular complexity index is 517. The normalized spacial score (nSPS) is 11.7. The van der Waals surface area contributed by atoms with E-state index in [9.17, 15) is 12.8 Å². The van der Waals surface area contributed by atoms with Gasteiger partial charge in [-0.15, -0.1) is 0 Å². The molecule has 4 nitrogen and oxygen atoms in total. The second-order valence-corrected chi connectivity index (χ2v) is 5.76. The summed E-state index contributed by atoms with van der Waals surface area (Å²) in [7, 11) is -3.89. The van der Waals surface area contributed by atoms with E-state index in [1.807, 2.05) is 0 Å². The zero-order valence-electron chi connectivity index (χ0n) is 9.26. The molecule has 0 aromatic heterocycles. The number of benzene rings is 1. The van der Waals surface area contributed by atoms with Gasteiger partial charge in [0.25, 0.3) is 0 Å². The maximum atomic E-state index is 13.4. The molecule has 7 heteroatoms. The van der Waals surface area contributed by atoms with Crippen LogP contribution < -0.4 is 5.73 Å². The fraction of sp³-hybridized carbons (Fsp3) is 0.300. The maximum Gasteiger partial charge on any atom is 0.246 e. The Labute approximate surface area is 105 Å². The van der Waals surface area contributed by atoms with Gasteiger partial charge in [-0.3, -0.25) is 0 Å². The molecule has 0 fully saturated rings. The average molecular weight is 276 g/mol. The smallest absolute Gasteiger partial charge is 0.246 e. The van der Waals surface area contributed by atoms with E-state index in [4.69, 9.17) is 5.73 Å². The van der Waals surface area contributed by atoms with Gasteiger partial charge in [0.05, 0.1) is 11.5 Å². The predicted molar refractivity (Wildman–Crippen MR) is 67.6 cm³/mol. The van der Waals surface area contributed by atoms with E-state index in [2.05, 4.69) is 12.2 Å². The van der Waals surface area contributed by atoms with Gasteiger partial charge in [0.1, 0.15) is 10.7 Å². The Hall–Kier alpha value is -1.05. The van der Waals surface area contributed by atoms with Crippen molar-refractivity contribution in [2.75, 3.05) is 13.1 Å². The summed E-state index contributed by atoms with van der Waals surface area (Å²) in [6, 6.07) is 5.21. The lowest BCUT2D eigenvalue weighted by molar-refractivity contribution is 0.461. The molecular weight excluding hydrogens is 263 g/mol. The van der Waals surface area contributed by atoms with Gasteiger partial charge in [-0.05, 0) is 12.1 Å². The number of hydrogen-bond acceptors (Lipinski definition) is 3. The SMILES string of the molecule is CCN(CC(N)=S)S(=O)(=O)c1ccccc1F. The molecule has 0 bridgehead atoms. The zero-order chi connectivity index (χ0) is 13.1. The van der Waals surface area contributed by atoms with Crippen molar-refractivity contribution < 1.29 is 12.8 Å². The quantitative estimate of drug-likeness (QED) is 0.819. The summed E-state index contributed by atoms with van der Waals surface area (Å²) in [5, 5.41) is 0. The second kappa shape index (κ2) is 5.52. The van der Waals surface area contributed by atoms with Crippen LogP contribution in [0, 0.1) is 5.82 Å². The van der Waals surface area contributed by atoms with Crippen molar-refractivity contribution in [3.05, 3.63) is 30.1 Å². The zero-order valence-corrected chi connectivity index (χ0v) is 10.9. The van der Waals surface area contributed by atoms with E-state index >= 15 is 0 Å². The third kappa shape index (κ3) is 3.21. The van der Waals surface area contributed by atoms with Crippen LogP contribution in [0.4, 0.5) is 4.39 Å².